The summed E-state index contributed by atoms with van der Waals surface area (Å²) in [5.74, 6) is -2.25. The van der Waals surface area contributed by atoms with Gasteiger partial charge in [0.1, 0.15) is 19.3 Å². The molecule has 3 N–H and O–H groups in total. The first-order chi connectivity index (χ1) is 51.7. The van der Waals surface area contributed by atoms with Crippen molar-refractivity contribution < 1.29 is 80.2 Å². The second kappa shape index (κ2) is 78.1. The average molecular weight is 1530 g/mol. The number of ether oxygens (including phenoxy) is 4. The number of rotatable bonds is 76. The first-order valence-electron chi connectivity index (χ1n) is 41.1. The third-order valence-electron chi connectivity index (χ3n) is 16.8. The van der Waals surface area contributed by atoms with E-state index in [-0.39, 0.29) is 25.7 Å². The van der Waals surface area contributed by atoms with Crippen molar-refractivity contribution in [2.24, 2.45) is 0 Å². The number of allylic oxidation sites excluding steroid dienone is 24. The van der Waals surface area contributed by atoms with Gasteiger partial charge >= 0.3 is 39.5 Å². The minimum atomic E-state index is -4.99. The summed E-state index contributed by atoms with van der Waals surface area (Å²) in [5.41, 5.74) is 0. The van der Waals surface area contributed by atoms with Crippen LogP contribution >= 0.6 is 15.6 Å². The summed E-state index contributed by atoms with van der Waals surface area (Å²) in [7, 11) is -9.98. The van der Waals surface area contributed by atoms with Gasteiger partial charge in [-0.15, -0.1) is 0 Å². The van der Waals surface area contributed by atoms with Crippen molar-refractivity contribution in [1.29, 1.82) is 0 Å². The number of phosphoric acid groups is 2. The van der Waals surface area contributed by atoms with E-state index in [0.717, 1.165) is 212 Å². The van der Waals surface area contributed by atoms with E-state index in [4.69, 9.17) is 37.0 Å². The first-order valence-corrected chi connectivity index (χ1v) is 44.1. The lowest BCUT2D eigenvalue weighted by Gasteiger charge is -2.21. The summed E-state index contributed by atoms with van der Waals surface area (Å²) >= 11 is 0. The van der Waals surface area contributed by atoms with Crippen molar-refractivity contribution in [3.63, 3.8) is 0 Å². The molecule has 0 heterocycles. The Hall–Kier alpha value is -5.06. The Morgan fingerprint density at radius 3 is 0.802 bits per heavy atom. The highest BCUT2D eigenvalue weighted by atomic mass is 31.2. The fourth-order valence-corrected chi connectivity index (χ4v) is 12.1. The van der Waals surface area contributed by atoms with Gasteiger partial charge in [-0.25, -0.2) is 9.13 Å². The van der Waals surface area contributed by atoms with Gasteiger partial charge in [-0.3, -0.25) is 37.3 Å². The number of hydrogen-bond acceptors (Lipinski definition) is 15. The van der Waals surface area contributed by atoms with Crippen molar-refractivity contribution in [2.45, 2.75) is 341 Å². The van der Waals surface area contributed by atoms with E-state index in [1.54, 1.807) is 0 Å². The quantitative estimate of drug-likeness (QED) is 0.0169. The van der Waals surface area contributed by atoms with Crippen LogP contribution in [0.4, 0.5) is 0 Å². The molecule has 0 aromatic heterocycles. The Bertz CT molecular complexity index is 2580. The predicted molar refractivity (Wildman–Crippen MR) is 436 cm³/mol. The van der Waals surface area contributed by atoms with Gasteiger partial charge in [-0.05, 0) is 161 Å². The van der Waals surface area contributed by atoms with Gasteiger partial charge in [-0.1, -0.05) is 283 Å². The summed E-state index contributed by atoms with van der Waals surface area (Å²) in [6.45, 7) is 4.52. The van der Waals surface area contributed by atoms with Crippen LogP contribution in [0, 0.1) is 0 Å². The molecule has 606 valence electrons. The van der Waals surface area contributed by atoms with Crippen LogP contribution in [0.2, 0.25) is 0 Å². The Labute approximate surface area is 643 Å². The third kappa shape index (κ3) is 77.1. The molecule has 0 fully saturated rings. The number of aliphatic hydroxyl groups is 1. The van der Waals surface area contributed by atoms with E-state index >= 15 is 0 Å². The van der Waals surface area contributed by atoms with Gasteiger partial charge in [0.25, 0.3) is 0 Å². The molecule has 0 saturated carbocycles. The lowest BCUT2D eigenvalue weighted by Crippen LogP contribution is -2.30. The number of esters is 4. The molecule has 0 spiro atoms. The van der Waals surface area contributed by atoms with Gasteiger partial charge in [0.05, 0.1) is 26.4 Å². The van der Waals surface area contributed by atoms with Gasteiger partial charge < -0.3 is 33.8 Å². The van der Waals surface area contributed by atoms with E-state index in [9.17, 15) is 43.2 Å². The van der Waals surface area contributed by atoms with E-state index in [0.29, 0.717) is 25.7 Å². The number of phosphoric ester groups is 2. The predicted octanol–water partition coefficient (Wildman–Crippen LogP) is 24.2. The molecule has 0 saturated heterocycles. The lowest BCUT2D eigenvalue weighted by atomic mass is 10.1. The minimum absolute atomic E-state index is 0.0729. The molecule has 0 aromatic carbocycles. The fourth-order valence-electron chi connectivity index (χ4n) is 10.5. The minimum Gasteiger partial charge on any atom is -0.462 e. The van der Waals surface area contributed by atoms with Gasteiger partial charge in [0, 0.05) is 25.7 Å². The van der Waals surface area contributed by atoms with Crippen LogP contribution in [0.3, 0.4) is 0 Å². The highest BCUT2D eigenvalue weighted by Crippen LogP contribution is 2.45. The number of unbranched alkanes of at least 4 members (excludes halogenated alkanes) is 26. The van der Waals surface area contributed by atoms with E-state index in [2.05, 4.69) is 174 Å². The van der Waals surface area contributed by atoms with Crippen molar-refractivity contribution in [3.8, 4) is 0 Å². The molecule has 0 radical (unpaired) electrons. The van der Waals surface area contributed by atoms with Crippen LogP contribution in [0.25, 0.3) is 0 Å². The molecule has 5 atom stereocenters. The molecule has 0 aliphatic carbocycles. The number of aliphatic hydroxyl groups excluding tert-OH is 1. The van der Waals surface area contributed by atoms with Crippen LogP contribution in [-0.2, 0) is 65.4 Å². The van der Waals surface area contributed by atoms with E-state index in [1.807, 2.05) is 0 Å². The Morgan fingerprint density at radius 2 is 0.500 bits per heavy atom. The fraction of sp³-hybridized carbons (Fsp3) is 0.678. The maximum Gasteiger partial charge on any atom is 0.472 e. The molecular weight excluding hydrogens is 1380 g/mol. The van der Waals surface area contributed by atoms with Crippen molar-refractivity contribution in [2.75, 3.05) is 39.6 Å². The Balaban J connectivity index is 5.38. The summed E-state index contributed by atoms with van der Waals surface area (Å²) < 4.78 is 68.6. The molecule has 0 aliphatic rings. The van der Waals surface area contributed by atoms with Crippen molar-refractivity contribution >= 4 is 39.5 Å². The average Bonchev–Trinajstić information content (AvgIpc) is 0.901. The largest absolute Gasteiger partial charge is 0.472 e. The van der Waals surface area contributed by atoms with Crippen LogP contribution in [0.15, 0.2) is 146 Å². The monoisotopic (exact) mass is 1530 g/mol. The summed E-state index contributed by atoms with van der Waals surface area (Å²) in [5, 5.41) is 10.6. The normalized spacial score (nSPS) is 14.6. The van der Waals surface area contributed by atoms with Crippen LogP contribution in [0.1, 0.15) is 323 Å². The zero-order valence-corrected chi connectivity index (χ0v) is 68.1. The number of hydrogen-bond donors (Lipinski definition) is 3. The molecule has 0 bridgehead atoms. The Kier molecular flexibility index (Phi) is 74.3. The molecule has 0 amide bonds. The summed E-state index contributed by atoms with van der Waals surface area (Å²) in [6.07, 6.45) is 89.6. The summed E-state index contributed by atoms with van der Waals surface area (Å²) in [4.78, 5) is 73.1. The zero-order chi connectivity index (χ0) is 77.4. The van der Waals surface area contributed by atoms with Gasteiger partial charge in [-0.2, -0.15) is 0 Å². The number of carbonyl (C=O) groups is 4. The number of carbonyl (C=O) groups excluding carboxylic acids is 4. The molecule has 0 aromatic rings. The molecular formula is C87H146O17P2. The highest BCUT2D eigenvalue weighted by Gasteiger charge is 2.30. The van der Waals surface area contributed by atoms with Crippen LogP contribution in [0.5, 0.6) is 0 Å². The van der Waals surface area contributed by atoms with Crippen molar-refractivity contribution in [3.05, 3.63) is 146 Å². The molecule has 17 nitrogen and oxygen atoms in total. The van der Waals surface area contributed by atoms with Gasteiger partial charge in [0.15, 0.2) is 12.2 Å². The van der Waals surface area contributed by atoms with Crippen molar-refractivity contribution in [1.82, 2.24) is 0 Å². The second-order valence-corrected chi connectivity index (χ2v) is 29.8. The molecule has 0 aliphatic heterocycles. The Morgan fingerprint density at radius 1 is 0.274 bits per heavy atom. The maximum atomic E-state index is 13.1. The third-order valence-corrected chi connectivity index (χ3v) is 18.7. The lowest BCUT2D eigenvalue weighted by molar-refractivity contribution is -0.161. The maximum absolute atomic E-state index is 13.1. The summed E-state index contributed by atoms with van der Waals surface area (Å²) in [6, 6.07) is 0. The van der Waals surface area contributed by atoms with Crippen LogP contribution in [-0.4, -0.2) is 96.7 Å². The smallest absolute Gasteiger partial charge is 0.462 e. The SMILES string of the molecule is CC/C=C\C/C=C\C/C=C\C/C=C\C/C=C\CCCCCC(=O)OCC(COP(=O)(O)OCC(O)COP(=O)(O)OCC(COC(=O)CCCCCCCC/C=C\C/C=C\C/C=C\CCCCC)OC(=O)CCCCCCCCC/C=C\C/C=C\C/C=C\CC)OC(=O)CCCCCCC/C=C\CCCC. The molecule has 106 heavy (non-hydrogen) atoms. The molecule has 0 rings (SSSR count). The first kappa shape index (κ1) is 101. The standard InChI is InChI=1S/C87H146O17P2/c1-5-9-13-17-21-25-29-32-35-38-40-43-45-48-52-55-59-63-67-71-84(89)97-77-82(103-86(91)73-69-65-61-57-51-28-24-20-16-12-8-4)79-101-105(93,94)99-75-81(88)76-100-106(95,96)102-80-83(104-87(92)74-70-66-62-58-54-50-47-42-37-34-31-27-23-19-15-11-7-3)78-98-85(90)72-68-64-60-56-53-49-46-44-41-39-36-33-30-26-22-18-14-10-6-2/h9,11,13,15,20-27,32-37,40-41,43-44,48,52,81-83,88H,5-8,10,12,14,16-19,28-31,38-39,42,45-47,49-51,53-80H2,1-4H3,(H,93,94)(H,95,96)/b13-9-,15-11-,24-20-,25-21-,26-22-,27-23-,35-32-,36-33-,37-34-,43-40-,44-41-,52-48-. The van der Waals surface area contributed by atoms with Crippen LogP contribution < -0.4 is 0 Å². The van der Waals surface area contributed by atoms with E-state index < -0.39 is 97.5 Å². The highest BCUT2D eigenvalue weighted by molar-refractivity contribution is 7.47. The topological polar surface area (TPSA) is 237 Å². The molecule has 5 unspecified atom stereocenters. The van der Waals surface area contributed by atoms with E-state index in [1.165, 1.54) is 32.1 Å². The molecule has 19 heteroatoms. The van der Waals surface area contributed by atoms with Gasteiger partial charge in [0.2, 0.25) is 0 Å². The zero-order valence-electron chi connectivity index (χ0n) is 66.3. The second-order valence-electron chi connectivity index (χ2n) is 26.9.